The van der Waals surface area contributed by atoms with E-state index >= 15 is 0 Å². The second kappa shape index (κ2) is 10.9. The Kier molecular flexibility index (Phi) is 7.86. The van der Waals surface area contributed by atoms with Gasteiger partial charge in [0.25, 0.3) is 0 Å². The van der Waals surface area contributed by atoms with Crippen molar-refractivity contribution in [1.29, 1.82) is 0 Å². The van der Waals surface area contributed by atoms with Crippen molar-refractivity contribution in [1.82, 2.24) is 4.90 Å². The van der Waals surface area contributed by atoms with Crippen molar-refractivity contribution in [2.45, 2.75) is 50.6 Å². The number of rotatable bonds is 8. The quantitative estimate of drug-likeness (QED) is 0.486. The van der Waals surface area contributed by atoms with Crippen molar-refractivity contribution < 1.29 is 36.9 Å². The third-order valence-electron chi connectivity index (χ3n) is 6.71. The molecule has 1 saturated heterocycles. The van der Waals surface area contributed by atoms with Crippen molar-refractivity contribution in [2.75, 3.05) is 33.9 Å². The zero-order valence-corrected chi connectivity index (χ0v) is 19.9. The Bertz CT molecular complexity index is 1020. The van der Waals surface area contributed by atoms with Crippen LogP contribution >= 0.6 is 0 Å². The number of carbonyl (C=O) groups is 1. The summed E-state index contributed by atoms with van der Waals surface area (Å²) in [6.45, 7) is 1.50. The van der Waals surface area contributed by atoms with Gasteiger partial charge in [-0.3, -0.25) is 4.90 Å². The Morgan fingerprint density at radius 3 is 2.31 bits per heavy atom. The predicted octanol–water partition coefficient (Wildman–Crippen LogP) is 4.93. The van der Waals surface area contributed by atoms with Crippen molar-refractivity contribution >= 4 is 5.97 Å². The average molecular weight is 494 g/mol. The second-order valence-corrected chi connectivity index (χ2v) is 8.85. The Hall–Kier alpha value is -2.78. The largest absolute Gasteiger partial charge is 0.486 e. The van der Waals surface area contributed by atoms with Crippen molar-refractivity contribution in [3.05, 3.63) is 58.7 Å². The van der Waals surface area contributed by atoms with Crippen molar-refractivity contribution in [3.8, 4) is 11.5 Å². The number of methoxy groups -OCH3 is 2. The maximum absolute atomic E-state index is 13.9. The average Bonchev–Trinajstić information content (AvgIpc) is 3.26. The summed E-state index contributed by atoms with van der Waals surface area (Å²) in [6, 6.07) is 9.54. The van der Waals surface area contributed by atoms with Gasteiger partial charge in [0.2, 0.25) is 0 Å². The van der Waals surface area contributed by atoms with E-state index in [1.165, 1.54) is 13.2 Å². The zero-order valence-electron chi connectivity index (χ0n) is 19.9. The van der Waals surface area contributed by atoms with E-state index in [9.17, 15) is 18.0 Å². The Balaban J connectivity index is 1.50. The Morgan fingerprint density at radius 1 is 1.00 bits per heavy atom. The minimum atomic E-state index is -4.41. The number of likely N-dealkylation sites (tertiary alicyclic amines) is 1. The highest BCUT2D eigenvalue weighted by Gasteiger charge is 2.38. The summed E-state index contributed by atoms with van der Waals surface area (Å²) in [4.78, 5) is 13.3. The Morgan fingerprint density at radius 2 is 1.69 bits per heavy atom. The molecule has 4 rings (SSSR count). The molecule has 1 atom stereocenters. The third kappa shape index (κ3) is 6.08. The monoisotopic (exact) mass is 493 g/mol. The van der Waals surface area contributed by atoms with E-state index in [0.717, 1.165) is 24.0 Å². The molecule has 2 aliphatic rings. The normalized spacial score (nSPS) is 18.8. The van der Waals surface area contributed by atoms with Crippen LogP contribution in [-0.2, 0) is 33.4 Å². The number of ether oxygens (including phenoxy) is 4. The van der Waals surface area contributed by atoms with Gasteiger partial charge in [0, 0.05) is 26.7 Å². The smallest absolute Gasteiger partial charge is 0.416 e. The zero-order chi connectivity index (χ0) is 25.0. The highest BCUT2D eigenvalue weighted by atomic mass is 19.4. The first-order valence-corrected chi connectivity index (χ1v) is 11.7. The van der Waals surface area contributed by atoms with Crippen LogP contribution in [-0.4, -0.2) is 50.9 Å². The summed E-state index contributed by atoms with van der Waals surface area (Å²) in [5, 5.41) is 0. The molecule has 0 bridgehead atoms. The van der Waals surface area contributed by atoms with E-state index < -0.39 is 17.7 Å². The van der Waals surface area contributed by atoms with Crippen LogP contribution in [0.15, 0.2) is 36.4 Å². The minimum Gasteiger partial charge on any atom is -0.486 e. The van der Waals surface area contributed by atoms with Gasteiger partial charge in [0.1, 0.15) is 17.6 Å². The number of halogens is 3. The fourth-order valence-corrected chi connectivity index (χ4v) is 4.81. The molecule has 1 aliphatic carbocycles. The molecule has 1 fully saturated rings. The van der Waals surface area contributed by atoms with E-state index in [2.05, 4.69) is 9.64 Å². The van der Waals surface area contributed by atoms with Crippen LogP contribution in [0.5, 0.6) is 11.5 Å². The highest BCUT2D eigenvalue weighted by molar-refractivity contribution is 5.70. The van der Waals surface area contributed by atoms with Crippen LogP contribution in [0.25, 0.3) is 0 Å². The molecule has 1 heterocycles. The lowest BCUT2D eigenvalue weighted by molar-refractivity contribution is -0.143. The fraction of sp³-hybridized carbons (Fsp3) is 0.500. The van der Waals surface area contributed by atoms with Gasteiger partial charge in [0.05, 0.1) is 18.8 Å². The van der Waals surface area contributed by atoms with Gasteiger partial charge in [-0.25, -0.2) is 4.79 Å². The van der Waals surface area contributed by atoms with Gasteiger partial charge >= 0.3 is 12.1 Å². The van der Waals surface area contributed by atoms with E-state index in [-0.39, 0.29) is 25.4 Å². The van der Waals surface area contributed by atoms with Gasteiger partial charge in [-0.15, -0.1) is 0 Å². The number of esters is 1. The second-order valence-electron chi connectivity index (χ2n) is 8.85. The van der Waals surface area contributed by atoms with E-state index in [0.29, 0.717) is 43.0 Å². The summed E-state index contributed by atoms with van der Waals surface area (Å²) in [5.41, 5.74) is 1.36. The summed E-state index contributed by atoms with van der Waals surface area (Å²) in [5.74, 6) is 0.588. The molecule has 0 radical (unpaired) electrons. The number of piperidine rings is 1. The molecule has 2 aromatic rings. The van der Waals surface area contributed by atoms with Gasteiger partial charge in [-0.2, -0.15) is 13.2 Å². The predicted molar refractivity (Wildman–Crippen MR) is 122 cm³/mol. The molecular weight excluding hydrogens is 463 g/mol. The molecule has 1 aliphatic heterocycles. The van der Waals surface area contributed by atoms with Crippen LogP contribution in [0.4, 0.5) is 13.2 Å². The van der Waals surface area contributed by atoms with Crippen molar-refractivity contribution in [3.63, 3.8) is 0 Å². The minimum absolute atomic E-state index is 0.171. The molecule has 2 aromatic carbocycles. The van der Waals surface area contributed by atoms with Crippen LogP contribution in [0.2, 0.25) is 0 Å². The van der Waals surface area contributed by atoms with E-state index in [1.54, 1.807) is 37.4 Å². The molecule has 9 heteroatoms. The lowest BCUT2D eigenvalue weighted by atomic mass is 9.95. The van der Waals surface area contributed by atoms with Crippen LogP contribution in [0.1, 0.15) is 47.6 Å². The fourth-order valence-electron chi connectivity index (χ4n) is 4.81. The first kappa shape index (κ1) is 25.3. The molecule has 35 heavy (non-hydrogen) atoms. The number of hydrogen-bond acceptors (Lipinski definition) is 6. The van der Waals surface area contributed by atoms with E-state index in [1.807, 2.05) is 0 Å². The molecule has 0 saturated carbocycles. The first-order chi connectivity index (χ1) is 16.8. The number of alkyl halides is 3. The highest BCUT2D eigenvalue weighted by Crippen LogP contribution is 2.42. The van der Waals surface area contributed by atoms with E-state index in [4.69, 9.17) is 14.2 Å². The number of benzene rings is 2. The summed E-state index contributed by atoms with van der Waals surface area (Å²) in [7, 11) is 2.96. The number of fused-ring (bicyclic) bond motifs is 1. The standard InChI is InChI=1S/C26H30F3NO5/c1-32-17-11-13-30(14-12-17)15-22-20-8-10-24(21(20)7-9-23(22)26(27,28)29)35-19-5-3-18(4-6-19)34-16-25(31)33-2/h3-7,9,17,24H,8,10-16H2,1-2H3/t24-/m1/s1. The third-order valence-corrected chi connectivity index (χ3v) is 6.71. The molecule has 190 valence electrons. The first-order valence-electron chi connectivity index (χ1n) is 11.7. The number of hydrogen-bond donors (Lipinski definition) is 0. The van der Waals surface area contributed by atoms with Gasteiger partial charge in [-0.1, -0.05) is 6.07 Å². The summed E-state index contributed by atoms with van der Waals surface area (Å²) < 4.78 is 63.1. The maximum atomic E-state index is 13.9. The molecule has 0 N–H and O–H groups in total. The summed E-state index contributed by atoms with van der Waals surface area (Å²) >= 11 is 0. The van der Waals surface area contributed by atoms with Gasteiger partial charge < -0.3 is 18.9 Å². The van der Waals surface area contributed by atoms with Gasteiger partial charge in [0.15, 0.2) is 6.61 Å². The molecule has 0 aromatic heterocycles. The molecular formula is C26H30F3NO5. The number of carbonyl (C=O) groups excluding carboxylic acids is 1. The topological polar surface area (TPSA) is 57.2 Å². The molecule has 6 nitrogen and oxygen atoms in total. The SMILES string of the molecule is COC(=O)COc1ccc(O[C@@H]2CCc3c2ccc(C(F)(F)F)c3CN2CCC(OC)CC2)cc1. The molecule has 0 unspecified atom stereocenters. The van der Waals surface area contributed by atoms with Crippen molar-refractivity contribution in [2.24, 2.45) is 0 Å². The van der Waals surface area contributed by atoms with Crippen LogP contribution in [0.3, 0.4) is 0 Å². The molecule has 0 spiro atoms. The van der Waals surface area contributed by atoms with Gasteiger partial charge in [-0.05, 0) is 72.7 Å². The lowest BCUT2D eigenvalue weighted by Gasteiger charge is -2.32. The molecule has 0 amide bonds. The maximum Gasteiger partial charge on any atom is 0.416 e. The number of nitrogens with zero attached hydrogens (tertiary/aromatic N) is 1. The summed E-state index contributed by atoms with van der Waals surface area (Å²) in [6.07, 6.45) is -1.79. The van der Waals surface area contributed by atoms with Crippen LogP contribution < -0.4 is 9.47 Å². The lowest BCUT2D eigenvalue weighted by Crippen LogP contribution is -2.36. The van der Waals surface area contributed by atoms with Crippen LogP contribution in [0, 0.1) is 0 Å². The Labute approximate surface area is 202 Å².